The molecule has 0 saturated heterocycles. The van der Waals surface area contributed by atoms with Crippen molar-refractivity contribution in [2.45, 2.75) is 52.4 Å². The SMILES string of the molecule is CC(C)(C)c1ccc(N2c3cc(-c4nc(-c5ccccc5)cc(-c5ccccc5)n4)cc4c3B(c3c2cc2c5cccc6cccc(c7cccc3c72)c65)c2c(cc3c5cccc6cccc(c7cccc2c73)c65)N4c2ccc(C(C)(C)C)cc2)cc1. The van der Waals surface area contributed by atoms with Crippen molar-refractivity contribution in [1.82, 2.24) is 9.97 Å². The number of hydrogen-bond acceptors (Lipinski definition) is 4. The van der Waals surface area contributed by atoms with E-state index in [-0.39, 0.29) is 17.5 Å². The summed E-state index contributed by atoms with van der Waals surface area (Å²) >= 11 is 0. The minimum absolute atomic E-state index is 0.0525. The van der Waals surface area contributed by atoms with Gasteiger partial charge >= 0.3 is 0 Å². The first-order valence-corrected chi connectivity index (χ1v) is 30.7. The molecule has 2 aliphatic heterocycles. The lowest BCUT2D eigenvalue weighted by molar-refractivity contribution is 0.590. The summed E-state index contributed by atoms with van der Waals surface area (Å²) in [6.45, 7) is 13.6. The Morgan fingerprint density at radius 1 is 0.287 bits per heavy atom. The third-order valence-electron chi connectivity index (χ3n) is 19.4. The molecule has 5 heteroatoms. The molecule has 0 amide bonds. The first-order chi connectivity index (χ1) is 42.4. The van der Waals surface area contributed by atoms with Gasteiger partial charge in [0, 0.05) is 50.8 Å². The maximum absolute atomic E-state index is 5.63. The minimum Gasteiger partial charge on any atom is -0.311 e. The molecule has 0 fully saturated rings. The van der Waals surface area contributed by atoms with Crippen molar-refractivity contribution in [2.75, 3.05) is 9.80 Å². The minimum atomic E-state index is -0.227. The number of rotatable bonds is 5. The van der Waals surface area contributed by atoms with E-state index >= 15 is 0 Å². The van der Waals surface area contributed by atoms with Crippen molar-refractivity contribution in [3.8, 4) is 33.9 Å². The monoisotopic (exact) mass is 1110 g/mol. The van der Waals surface area contributed by atoms with Crippen LogP contribution in [-0.4, -0.2) is 16.7 Å². The summed E-state index contributed by atoms with van der Waals surface area (Å²) in [7, 11) is 0. The molecule has 0 unspecified atom stereocenters. The highest BCUT2D eigenvalue weighted by Gasteiger charge is 2.46. The molecular formula is C82H59BN4. The van der Waals surface area contributed by atoms with Crippen molar-refractivity contribution >= 4 is 143 Å². The molecule has 0 radical (unpaired) electrons. The van der Waals surface area contributed by atoms with E-state index in [1.165, 1.54) is 125 Å². The van der Waals surface area contributed by atoms with Gasteiger partial charge in [0.25, 0.3) is 6.71 Å². The molecule has 0 N–H and O–H groups in total. The number of benzene rings is 15. The standard InChI is InChI=1S/C82H59BN4/c1-81(2,3)53-35-39-55(40-36-53)86-69-43-52(80-84-67(48-19-9-7-10-20-48)47-68(85-80)49-21-11-8-12-22-49)44-70-79(69)83(77-63-33-17-31-59-57-27-13-23-50-25-15-29-61(73(50)57)65(75(59)63)45-71(77)86)78-64-34-18-32-60-58-28-14-24-51-26-16-30-62(74(51)58)66(76(60)64)46-72(78)87(70)56-41-37-54(38-42-56)82(4,5)6/h7-47H,1-6H3. The van der Waals surface area contributed by atoms with Crippen molar-refractivity contribution in [3.63, 3.8) is 0 Å². The molecule has 87 heavy (non-hydrogen) atoms. The molecular weight excluding hydrogens is 1050 g/mol. The zero-order chi connectivity index (χ0) is 58.2. The van der Waals surface area contributed by atoms with Crippen LogP contribution in [0.1, 0.15) is 52.7 Å². The van der Waals surface area contributed by atoms with Crippen LogP contribution in [0, 0.1) is 0 Å². The van der Waals surface area contributed by atoms with Crippen LogP contribution in [-0.2, 0) is 10.8 Å². The van der Waals surface area contributed by atoms with Crippen molar-refractivity contribution < 1.29 is 0 Å². The van der Waals surface area contributed by atoms with Gasteiger partial charge in [-0.1, -0.05) is 236 Å². The summed E-state index contributed by atoms with van der Waals surface area (Å²) in [5, 5.41) is 20.4. The van der Waals surface area contributed by atoms with Gasteiger partial charge < -0.3 is 9.80 Å². The van der Waals surface area contributed by atoms with Crippen LogP contribution in [0.3, 0.4) is 0 Å². The highest BCUT2D eigenvalue weighted by molar-refractivity contribution is 7.03. The first-order valence-electron chi connectivity index (χ1n) is 30.7. The predicted molar refractivity (Wildman–Crippen MR) is 372 cm³/mol. The topological polar surface area (TPSA) is 32.3 Å². The van der Waals surface area contributed by atoms with E-state index in [1.807, 2.05) is 0 Å². The van der Waals surface area contributed by atoms with Gasteiger partial charge in [0.15, 0.2) is 5.82 Å². The molecule has 0 spiro atoms. The summed E-state index contributed by atoms with van der Waals surface area (Å²) in [5.74, 6) is 0.663. The fraction of sp³-hybridized carbons (Fsp3) is 0.0976. The number of hydrogen-bond donors (Lipinski definition) is 0. The lowest BCUT2D eigenvalue weighted by atomic mass is 9.32. The van der Waals surface area contributed by atoms with Gasteiger partial charge in [0.1, 0.15) is 0 Å². The molecule has 16 aromatic rings. The summed E-state index contributed by atoms with van der Waals surface area (Å²) < 4.78 is 0. The average Bonchev–Trinajstić information content (AvgIpc) is 0.728. The first kappa shape index (κ1) is 50.0. The van der Waals surface area contributed by atoms with Crippen LogP contribution in [0.25, 0.3) is 120 Å². The second-order valence-electron chi connectivity index (χ2n) is 26.4. The molecule has 410 valence electrons. The predicted octanol–water partition coefficient (Wildman–Crippen LogP) is 20.3. The normalized spacial score (nSPS) is 13.3. The Morgan fingerprint density at radius 2 is 0.632 bits per heavy atom. The largest absolute Gasteiger partial charge is 0.311 e. The number of anilines is 6. The van der Waals surface area contributed by atoms with Gasteiger partial charge in [-0.3, -0.25) is 0 Å². The van der Waals surface area contributed by atoms with Crippen molar-refractivity contribution in [2.24, 2.45) is 0 Å². The Balaban J connectivity index is 1.05. The molecule has 18 rings (SSSR count). The maximum atomic E-state index is 5.63. The molecule has 1 aromatic heterocycles. The van der Waals surface area contributed by atoms with E-state index < -0.39 is 0 Å². The zero-order valence-corrected chi connectivity index (χ0v) is 49.5. The molecule has 0 atom stereocenters. The van der Waals surface area contributed by atoms with Crippen LogP contribution < -0.4 is 26.2 Å². The van der Waals surface area contributed by atoms with Crippen LogP contribution >= 0.6 is 0 Å². The van der Waals surface area contributed by atoms with E-state index in [1.54, 1.807) is 0 Å². The summed E-state index contributed by atoms with van der Waals surface area (Å²) in [6, 6.07) is 93.8. The Labute approximate surface area is 506 Å². The van der Waals surface area contributed by atoms with Gasteiger partial charge in [-0.15, -0.1) is 0 Å². The zero-order valence-electron chi connectivity index (χ0n) is 49.5. The molecule has 0 aliphatic carbocycles. The lowest BCUT2D eigenvalue weighted by Gasteiger charge is -2.45. The quantitative estimate of drug-likeness (QED) is 0.0977. The van der Waals surface area contributed by atoms with Crippen LogP contribution in [0.4, 0.5) is 34.1 Å². The van der Waals surface area contributed by atoms with Gasteiger partial charge in [0.2, 0.25) is 0 Å². The smallest absolute Gasteiger partial charge is 0.253 e. The Bertz CT molecular complexity index is 5180. The Morgan fingerprint density at radius 3 is 1.02 bits per heavy atom. The van der Waals surface area contributed by atoms with Gasteiger partial charge in [-0.05, 0) is 179 Å². The van der Waals surface area contributed by atoms with Crippen LogP contribution in [0.5, 0.6) is 0 Å². The molecule has 4 nitrogen and oxygen atoms in total. The van der Waals surface area contributed by atoms with E-state index in [0.29, 0.717) is 5.82 Å². The van der Waals surface area contributed by atoms with Gasteiger partial charge in [-0.2, -0.15) is 0 Å². The number of fused-ring (bicyclic) bond motifs is 10. The van der Waals surface area contributed by atoms with Gasteiger partial charge in [0.05, 0.1) is 11.4 Å². The third-order valence-corrected chi connectivity index (χ3v) is 19.4. The number of aromatic nitrogens is 2. The molecule has 15 aromatic carbocycles. The molecule has 0 bridgehead atoms. The highest BCUT2D eigenvalue weighted by Crippen LogP contribution is 2.52. The summed E-state index contributed by atoms with van der Waals surface area (Å²) in [6.07, 6.45) is 0. The van der Waals surface area contributed by atoms with E-state index in [0.717, 1.165) is 50.8 Å². The number of nitrogens with zero attached hydrogens (tertiary/aromatic N) is 4. The second-order valence-corrected chi connectivity index (χ2v) is 26.4. The maximum Gasteiger partial charge on any atom is 0.253 e. The molecule has 2 aliphatic rings. The van der Waals surface area contributed by atoms with Crippen LogP contribution in [0.2, 0.25) is 0 Å². The second kappa shape index (κ2) is 18.1. The average molecular weight is 1110 g/mol. The highest BCUT2D eigenvalue weighted by atomic mass is 15.2. The van der Waals surface area contributed by atoms with E-state index in [2.05, 4.69) is 300 Å². The molecule has 3 heterocycles. The Hall–Kier alpha value is -10.4. The third kappa shape index (κ3) is 7.26. The van der Waals surface area contributed by atoms with E-state index in [4.69, 9.17) is 9.97 Å². The van der Waals surface area contributed by atoms with Gasteiger partial charge in [-0.25, -0.2) is 9.97 Å². The van der Waals surface area contributed by atoms with Crippen molar-refractivity contribution in [3.05, 3.63) is 260 Å². The fourth-order valence-electron chi connectivity index (χ4n) is 15.4. The molecule has 0 saturated carbocycles. The van der Waals surface area contributed by atoms with Crippen LogP contribution in [0.15, 0.2) is 249 Å². The Kier molecular flexibility index (Phi) is 10.4. The summed E-state index contributed by atoms with van der Waals surface area (Å²) in [5.41, 5.74) is 17.8. The van der Waals surface area contributed by atoms with Crippen molar-refractivity contribution in [1.29, 1.82) is 0 Å². The fourth-order valence-corrected chi connectivity index (χ4v) is 15.4. The lowest BCUT2D eigenvalue weighted by Crippen LogP contribution is -2.61. The van der Waals surface area contributed by atoms with E-state index in [9.17, 15) is 0 Å². The summed E-state index contributed by atoms with van der Waals surface area (Å²) in [4.78, 5) is 16.5.